The highest BCUT2D eigenvalue weighted by molar-refractivity contribution is 6.10. The van der Waals surface area contributed by atoms with Gasteiger partial charge in [0.1, 0.15) is 6.17 Å². The zero-order valence-electron chi connectivity index (χ0n) is 28.0. The fourth-order valence-corrected chi connectivity index (χ4v) is 8.89. The Hall–Kier alpha value is -5.80. The van der Waals surface area contributed by atoms with Crippen LogP contribution in [-0.4, -0.2) is 21.7 Å². The number of nitrogens with zero attached hydrogens (tertiary/aromatic N) is 2. The fourth-order valence-electron chi connectivity index (χ4n) is 8.89. The molecule has 3 nitrogen and oxygen atoms in total. The first-order chi connectivity index (χ1) is 24.8. The molecule has 1 N–H and O–H groups in total. The molecule has 3 atom stereocenters. The predicted octanol–water partition coefficient (Wildman–Crippen LogP) is 10.8. The molecule has 0 spiro atoms. The summed E-state index contributed by atoms with van der Waals surface area (Å²) in [7, 11) is 0. The smallest absolute Gasteiger partial charge is 0.120 e. The summed E-state index contributed by atoms with van der Waals surface area (Å²) in [6.07, 6.45) is 28.0. The van der Waals surface area contributed by atoms with Crippen LogP contribution in [0.25, 0.3) is 38.6 Å². The van der Waals surface area contributed by atoms with Crippen molar-refractivity contribution in [2.24, 2.45) is 5.92 Å². The van der Waals surface area contributed by atoms with E-state index >= 15 is 0 Å². The Morgan fingerprint density at radius 2 is 1.48 bits per heavy atom. The summed E-state index contributed by atoms with van der Waals surface area (Å²) in [5.74, 6) is 0.283. The van der Waals surface area contributed by atoms with Crippen molar-refractivity contribution < 1.29 is 0 Å². The normalized spacial score (nSPS) is 22.6. The molecule has 1 aromatic heterocycles. The number of hydrogen-bond donors (Lipinski definition) is 1. The van der Waals surface area contributed by atoms with Crippen LogP contribution in [0.4, 0.5) is 0 Å². The second kappa shape index (κ2) is 12.0. The second-order valence-electron chi connectivity index (χ2n) is 13.9. The van der Waals surface area contributed by atoms with Crippen molar-refractivity contribution in [2.75, 3.05) is 0 Å². The van der Waals surface area contributed by atoms with Crippen LogP contribution in [-0.2, 0) is 0 Å². The number of rotatable bonds is 5. The Balaban J connectivity index is 1.08. The summed E-state index contributed by atoms with van der Waals surface area (Å²) in [5, 5.41) is 6.60. The Labute approximate surface area is 293 Å². The second-order valence-corrected chi connectivity index (χ2v) is 13.9. The number of dihydropyridines is 1. The van der Waals surface area contributed by atoms with Crippen LogP contribution in [0.3, 0.4) is 0 Å². The van der Waals surface area contributed by atoms with Crippen molar-refractivity contribution in [2.45, 2.75) is 37.9 Å². The van der Waals surface area contributed by atoms with E-state index in [0.29, 0.717) is 0 Å². The largest absolute Gasteiger partial charge is 0.361 e. The SMILES string of the molecule is C1=CC2C(C(c3ccc4c5ccccc5n(-c5ccccc5)c4c3)=C1)C1=C(C=CCC1)N2C1C=C(c2ccccc2)C=C(C2=CCCC=C2)N1. The van der Waals surface area contributed by atoms with Crippen molar-refractivity contribution in [3.05, 3.63) is 198 Å². The van der Waals surface area contributed by atoms with Gasteiger partial charge >= 0.3 is 0 Å². The van der Waals surface area contributed by atoms with Gasteiger partial charge in [-0.1, -0.05) is 121 Å². The Kier molecular flexibility index (Phi) is 6.97. The summed E-state index contributed by atoms with van der Waals surface area (Å²) in [5.41, 5.74) is 14.3. The Morgan fingerprint density at radius 1 is 0.680 bits per heavy atom. The average molecular weight is 646 g/mol. The quantitative estimate of drug-likeness (QED) is 0.205. The van der Waals surface area contributed by atoms with Crippen LogP contribution in [0, 0.1) is 5.92 Å². The summed E-state index contributed by atoms with van der Waals surface area (Å²) in [4.78, 5) is 2.67. The summed E-state index contributed by atoms with van der Waals surface area (Å²) < 4.78 is 2.43. The van der Waals surface area contributed by atoms with E-state index in [1.54, 1.807) is 5.57 Å². The molecule has 10 rings (SSSR count). The van der Waals surface area contributed by atoms with E-state index in [9.17, 15) is 0 Å². The predicted molar refractivity (Wildman–Crippen MR) is 208 cm³/mol. The standard InChI is InChI=1S/C47H39N3/c1-4-15-32(16-5-1)35-29-41(33-17-6-2-7-18-33)48-46(31-35)50-43-25-13-11-22-40(43)47-37(23-14-26-44(47)50)34-27-28-39-38-21-10-12-24-42(38)49(45(39)30-34)36-19-8-3-9-20-36/h1,3-6,8-10,12-21,23-31,44,46-48H,2,7,11,22H2. The molecule has 0 saturated heterocycles. The number of para-hydroxylation sites is 2. The monoisotopic (exact) mass is 645 g/mol. The molecule has 0 amide bonds. The molecular weight excluding hydrogens is 607 g/mol. The number of aromatic nitrogens is 1. The van der Waals surface area contributed by atoms with Crippen LogP contribution < -0.4 is 5.32 Å². The van der Waals surface area contributed by atoms with Gasteiger partial charge < -0.3 is 14.8 Å². The highest BCUT2D eigenvalue weighted by Crippen LogP contribution is 2.50. The minimum absolute atomic E-state index is 0.0104. The maximum atomic E-state index is 4.02. The molecular formula is C47H39N3. The average Bonchev–Trinajstić information content (AvgIpc) is 3.71. The van der Waals surface area contributed by atoms with E-state index in [0.717, 1.165) is 25.7 Å². The van der Waals surface area contributed by atoms with Crippen LogP contribution in [0.2, 0.25) is 0 Å². The first kappa shape index (κ1) is 29.1. The van der Waals surface area contributed by atoms with E-state index in [1.165, 1.54) is 66.7 Å². The van der Waals surface area contributed by atoms with Gasteiger partial charge in [0.05, 0.1) is 17.1 Å². The van der Waals surface area contributed by atoms with Gasteiger partial charge in [-0.25, -0.2) is 0 Å². The molecule has 0 radical (unpaired) electrons. The van der Waals surface area contributed by atoms with Crippen LogP contribution in [0.15, 0.2) is 186 Å². The molecule has 5 aliphatic rings. The van der Waals surface area contributed by atoms with Crippen molar-refractivity contribution in [3.8, 4) is 5.69 Å². The highest BCUT2D eigenvalue weighted by atomic mass is 15.3. The maximum Gasteiger partial charge on any atom is 0.120 e. The lowest BCUT2D eigenvalue weighted by Crippen LogP contribution is -2.49. The molecule has 2 aliphatic heterocycles. The lowest BCUT2D eigenvalue weighted by Gasteiger charge is -2.40. The van der Waals surface area contributed by atoms with E-state index in [1.807, 2.05) is 0 Å². The number of benzene rings is 4. The van der Waals surface area contributed by atoms with Gasteiger partial charge in [-0.15, -0.1) is 0 Å². The molecule has 0 bridgehead atoms. The maximum absolute atomic E-state index is 4.02. The molecule has 0 fully saturated rings. The van der Waals surface area contributed by atoms with Gasteiger partial charge in [0.15, 0.2) is 0 Å². The third-order valence-electron chi connectivity index (χ3n) is 11.1. The first-order valence-electron chi connectivity index (χ1n) is 18.1. The summed E-state index contributed by atoms with van der Waals surface area (Å²) in [6, 6.07) is 37.8. The van der Waals surface area contributed by atoms with Crippen LogP contribution >= 0.6 is 0 Å². The molecule has 5 aromatic rings. The van der Waals surface area contributed by atoms with E-state index in [2.05, 4.69) is 179 Å². The molecule has 4 aromatic carbocycles. The summed E-state index contributed by atoms with van der Waals surface area (Å²) in [6.45, 7) is 0. The van der Waals surface area contributed by atoms with Crippen molar-refractivity contribution in [1.82, 2.24) is 14.8 Å². The van der Waals surface area contributed by atoms with E-state index < -0.39 is 0 Å². The van der Waals surface area contributed by atoms with Gasteiger partial charge in [-0.3, -0.25) is 0 Å². The minimum atomic E-state index is 0.0104. The lowest BCUT2D eigenvalue weighted by atomic mass is 9.78. The van der Waals surface area contributed by atoms with Crippen molar-refractivity contribution in [1.29, 1.82) is 0 Å². The molecule has 3 unspecified atom stereocenters. The first-order valence-corrected chi connectivity index (χ1v) is 18.1. The number of allylic oxidation sites excluding steroid dienone is 9. The minimum Gasteiger partial charge on any atom is -0.361 e. The third kappa shape index (κ3) is 4.72. The topological polar surface area (TPSA) is 20.2 Å². The van der Waals surface area contributed by atoms with Crippen LogP contribution in [0.1, 0.15) is 36.8 Å². The zero-order chi connectivity index (χ0) is 33.0. The molecule has 50 heavy (non-hydrogen) atoms. The van der Waals surface area contributed by atoms with Gasteiger partial charge in [0, 0.05) is 33.8 Å². The zero-order valence-corrected chi connectivity index (χ0v) is 28.0. The van der Waals surface area contributed by atoms with Crippen molar-refractivity contribution in [3.63, 3.8) is 0 Å². The molecule has 3 heteroatoms. The van der Waals surface area contributed by atoms with Gasteiger partial charge in [0.25, 0.3) is 0 Å². The number of fused-ring (bicyclic) bond motifs is 5. The Bertz CT molecular complexity index is 2410. The lowest BCUT2D eigenvalue weighted by molar-refractivity contribution is 0.238. The van der Waals surface area contributed by atoms with Gasteiger partial charge in [-0.05, 0) is 102 Å². The van der Waals surface area contributed by atoms with E-state index in [-0.39, 0.29) is 18.1 Å². The molecule has 242 valence electrons. The number of hydrogen-bond acceptors (Lipinski definition) is 2. The Morgan fingerprint density at radius 3 is 2.34 bits per heavy atom. The van der Waals surface area contributed by atoms with E-state index in [4.69, 9.17) is 0 Å². The molecule has 0 saturated carbocycles. The fraction of sp³-hybridized carbons (Fsp3) is 0.149. The number of nitrogens with one attached hydrogen (secondary N) is 1. The van der Waals surface area contributed by atoms with Crippen molar-refractivity contribution >= 4 is 33.0 Å². The molecule has 3 heterocycles. The van der Waals surface area contributed by atoms with Gasteiger partial charge in [0.2, 0.25) is 0 Å². The van der Waals surface area contributed by atoms with Crippen LogP contribution in [0.5, 0.6) is 0 Å². The molecule has 3 aliphatic carbocycles. The summed E-state index contributed by atoms with van der Waals surface area (Å²) >= 11 is 0. The third-order valence-corrected chi connectivity index (χ3v) is 11.1. The highest BCUT2D eigenvalue weighted by Gasteiger charge is 2.45. The van der Waals surface area contributed by atoms with Gasteiger partial charge in [-0.2, -0.15) is 0 Å².